The molecule has 3 fully saturated rings. The second-order valence-corrected chi connectivity index (χ2v) is 11.2. The van der Waals surface area contributed by atoms with Crippen molar-refractivity contribution in [2.24, 2.45) is 5.92 Å². The Labute approximate surface area is 220 Å². The zero-order valence-corrected chi connectivity index (χ0v) is 21.8. The van der Waals surface area contributed by atoms with Crippen LogP contribution in [0.15, 0.2) is 83.6 Å². The molecule has 0 amide bonds. The molecule has 0 spiro atoms. The zero-order valence-electron chi connectivity index (χ0n) is 19.3. The average Bonchev–Trinajstić information content (AvgIpc) is 3.51. The maximum Gasteiger partial charge on any atom is 0.119 e. The van der Waals surface area contributed by atoms with E-state index < -0.39 is 0 Å². The maximum absolute atomic E-state index is 6.49. The number of ether oxygens (including phenoxy) is 1. The molecular formula is C29H27ClN2OS2. The second kappa shape index (κ2) is 9.47. The molecule has 0 aliphatic carbocycles. The van der Waals surface area contributed by atoms with Crippen LogP contribution in [0.2, 0.25) is 0 Å². The minimum atomic E-state index is 0. The van der Waals surface area contributed by atoms with Crippen molar-refractivity contribution in [3.8, 4) is 5.75 Å². The van der Waals surface area contributed by atoms with Crippen LogP contribution in [-0.2, 0) is 0 Å². The van der Waals surface area contributed by atoms with E-state index in [1.54, 1.807) is 22.7 Å². The van der Waals surface area contributed by atoms with Crippen LogP contribution in [0.1, 0.15) is 12.8 Å². The Bertz CT molecular complexity index is 1380. The van der Waals surface area contributed by atoms with E-state index in [1.807, 2.05) is 0 Å². The number of fused-ring (bicyclic) bond motifs is 5. The predicted octanol–water partition coefficient (Wildman–Crippen LogP) is 8.48. The molecule has 5 heterocycles. The smallest absolute Gasteiger partial charge is 0.119 e. The fraction of sp³-hybridized carbons (Fsp3) is 0.241. The first-order valence-corrected chi connectivity index (χ1v) is 13.8. The van der Waals surface area contributed by atoms with Crippen LogP contribution in [0.4, 0.5) is 17.1 Å². The molecule has 35 heavy (non-hydrogen) atoms. The van der Waals surface area contributed by atoms with E-state index in [0.29, 0.717) is 12.0 Å². The van der Waals surface area contributed by atoms with Gasteiger partial charge < -0.3 is 9.64 Å². The number of nitrogens with zero attached hydrogens (tertiary/aromatic N) is 2. The van der Waals surface area contributed by atoms with Gasteiger partial charge in [0.2, 0.25) is 0 Å². The van der Waals surface area contributed by atoms with E-state index in [-0.39, 0.29) is 12.4 Å². The monoisotopic (exact) mass is 518 g/mol. The molecule has 2 aromatic heterocycles. The van der Waals surface area contributed by atoms with Crippen LogP contribution in [0.3, 0.4) is 0 Å². The minimum absolute atomic E-state index is 0. The van der Waals surface area contributed by atoms with Gasteiger partial charge in [0.1, 0.15) is 11.9 Å². The van der Waals surface area contributed by atoms with Gasteiger partial charge in [-0.25, -0.2) is 0 Å². The van der Waals surface area contributed by atoms with Crippen LogP contribution < -0.4 is 9.64 Å². The van der Waals surface area contributed by atoms with E-state index >= 15 is 0 Å². The molecule has 1 unspecified atom stereocenters. The Morgan fingerprint density at radius 3 is 1.86 bits per heavy atom. The summed E-state index contributed by atoms with van der Waals surface area (Å²) in [6, 6.07) is 26.1. The molecular weight excluding hydrogens is 492 g/mol. The molecule has 3 saturated heterocycles. The lowest BCUT2D eigenvalue weighted by molar-refractivity contribution is -0.00775. The molecule has 0 radical (unpaired) electrons. The predicted molar refractivity (Wildman–Crippen MR) is 153 cm³/mol. The highest BCUT2D eigenvalue weighted by atomic mass is 35.5. The maximum atomic E-state index is 6.49. The highest BCUT2D eigenvalue weighted by Crippen LogP contribution is 2.46. The van der Waals surface area contributed by atoms with Gasteiger partial charge in [-0.2, -0.15) is 0 Å². The summed E-state index contributed by atoms with van der Waals surface area (Å²) in [5, 5.41) is 7.15. The Hall–Kier alpha value is -2.57. The molecule has 3 nitrogen and oxygen atoms in total. The van der Waals surface area contributed by atoms with Crippen molar-refractivity contribution >= 4 is 72.3 Å². The summed E-state index contributed by atoms with van der Waals surface area (Å²) >= 11 is 3.61. The van der Waals surface area contributed by atoms with E-state index in [9.17, 15) is 0 Å². The standard InChI is InChI=1S/C29H26N2OS2.ClH/c1-3-7-28-23(5-1)25(18-33-28)31(26-19-34-29-8-4-2-6-24(26)29)21-9-11-22(12-10-21)32-27-17-30-15-13-20(27)14-16-30;/h1-12,18-20,27H,13-17H2;1H. The Balaban J connectivity index is 0.00000229. The summed E-state index contributed by atoms with van der Waals surface area (Å²) in [5.74, 6) is 1.68. The highest BCUT2D eigenvalue weighted by molar-refractivity contribution is 7.18. The Morgan fingerprint density at radius 1 is 0.743 bits per heavy atom. The van der Waals surface area contributed by atoms with Crippen molar-refractivity contribution in [3.05, 3.63) is 83.6 Å². The second-order valence-electron chi connectivity index (χ2n) is 9.36. The van der Waals surface area contributed by atoms with Gasteiger partial charge in [-0.05, 0) is 68.2 Å². The van der Waals surface area contributed by atoms with Crippen LogP contribution in [0.5, 0.6) is 5.75 Å². The molecule has 3 aromatic carbocycles. The molecule has 2 bridgehead atoms. The number of thiophene rings is 2. The lowest BCUT2D eigenvalue weighted by atomic mass is 9.86. The molecule has 1 atom stereocenters. The van der Waals surface area contributed by atoms with Crippen molar-refractivity contribution in [2.75, 3.05) is 24.5 Å². The molecule has 178 valence electrons. The fourth-order valence-electron chi connectivity index (χ4n) is 5.57. The van der Waals surface area contributed by atoms with Crippen molar-refractivity contribution < 1.29 is 4.74 Å². The number of rotatable bonds is 5. The van der Waals surface area contributed by atoms with Crippen LogP contribution in [-0.4, -0.2) is 30.6 Å². The topological polar surface area (TPSA) is 15.7 Å². The van der Waals surface area contributed by atoms with Crippen LogP contribution in [0, 0.1) is 5.92 Å². The molecule has 6 heteroatoms. The van der Waals surface area contributed by atoms with Gasteiger partial charge in [-0.3, -0.25) is 4.90 Å². The fourth-order valence-corrected chi connectivity index (χ4v) is 7.43. The largest absolute Gasteiger partial charge is 0.489 e. The normalized spacial score (nSPS) is 21.2. The van der Waals surface area contributed by atoms with Crippen molar-refractivity contribution in [3.63, 3.8) is 0 Å². The van der Waals surface area contributed by atoms with Gasteiger partial charge in [0, 0.05) is 43.2 Å². The van der Waals surface area contributed by atoms with Crippen molar-refractivity contribution in [1.82, 2.24) is 4.90 Å². The third-order valence-electron chi connectivity index (χ3n) is 7.38. The molecule has 8 rings (SSSR count). The van der Waals surface area contributed by atoms with Gasteiger partial charge >= 0.3 is 0 Å². The van der Waals surface area contributed by atoms with E-state index in [1.165, 1.54) is 57.5 Å². The van der Waals surface area contributed by atoms with Gasteiger partial charge in [0.15, 0.2) is 0 Å². The third kappa shape index (κ3) is 4.11. The van der Waals surface area contributed by atoms with Gasteiger partial charge in [-0.15, -0.1) is 35.1 Å². The molecule has 3 aliphatic rings. The van der Waals surface area contributed by atoms with Crippen molar-refractivity contribution in [1.29, 1.82) is 0 Å². The molecule has 5 aromatic rings. The summed E-state index contributed by atoms with van der Waals surface area (Å²) < 4.78 is 9.11. The number of piperidine rings is 3. The number of anilines is 3. The van der Waals surface area contributed by atoms with E-state index in [4.69, 9.17) is 4.74 Å². The molecule has 0 saturated carbocycles. The average molecular weight is 519 g/mol. The van der Waals surface area contributed by atoms with Gasteiger partial charge in [0.05, 0.1) is 11.4 Å². The number of hydrogen-bond acceptors (Lipinski definition) is 5. The number of hydrogen-bond donors (Lipinski definition) is 0. The lowest BCUT2D eigenvalue weighted by Crippen LogP contribution is -2.52. The first-order valence-electron chi connectivity index (χ1n) is 12.1. The van der Waals surface area contributed by atoms with Crippen molar-refractivity contribution in [2.45, 2.75) is 18.9 Å². The molecule has 0 N–H and O–H groups in total. The SMILES string of the molecule is Cl.c1ccc2c(N(c3ccc(OC4CN5CCC4CC5)cc3)c3csc4ccccc34)csc2c1. The van der Waals surface area contributed by atoms with Gasteiger partial charge in [0.25, 0.3) is 0 Å². The Kier molecular flexibility index (Phi) is 6.19. The lowest BCUT2D eigenvalue weighted by Gasteiger charge is -2.44. The van der Waals surface area contributed by atoms with E-state index in [2.05, 4.69) is 93.4 Å². The zero-order chi connectivity index (χ0) is 22.5. The Morgan fingerprint density at radius 2 is 1.31 bits per heavy atom. The van der Waals surface area contributed by atoms with Crippen LogP contribution in [0.25, 0.3) is 20.2 Å². The summed E-state index contributed by atoms with van der Waals surface area (Å²) in [6.45, 7) is 3.55. The first-order chi connectivity index (χ1) is 16.8. The van der Waals surface area contributed by atoms with Gasteiger partial charge in [-0.1, -0.05) is 36.4 Å². The first kappa shape index (κ1) is 22.9. The quantitative estimate of drug-likeness (QED) is 0.232. The number of halogens is 1. The van der Waals surface area contributed by atoms with Crippen LogP contribution >= 0.6 is 35.1 Å². The summed E-state index contributed by atoms with van der Waals surface area (Å²) in [7, 11) is 0. The third-order valence-corrected chi connectivity index (χ3v) is 9.28. The number of benzene rings is 3. The summed E-state index contributed by atoms with van der Waals surface area (Å²) in [6.07, 6.45) is 2.87. The minimum Gasteiger partial charge on any atom is -0.489 e. The molecule has 3 aliphatic heterocycles. The summed E-state index contributed by atoms with van der Waals surface area (Å²) in [5.41, 5.74) is 3.62. The summed E-state index contributed by atoms with van der Waals surface area (Å²) in [4.78, 5) is 4.96. The highest BCUT2D eigenvalue weighted by Gasteiger charge is 2.35. The van der Waals surface area contributed by atoms with E-state index in [0.717, 1.165) is 18.0 Å².